The van der Waals surface area contributed by atoms with Crippen LogP contribution in [-0.2, 0) is 13.0 Å². The van der Waals surface area contributed by atoms with Crippen molar-refractivity contribution in [2.45, 2.75) is 70.8 Å². The number of aromatic hydroxyl groups is 1. The van der Waals surface area contributed by atoms with Crippen molar-refractivity contribution in [1.29, 1.82) is 0 Å². The van der Waals surface area contributed by atoms with Gasteiger partial charge in [-0.25, -0.2) is 19.9 Å². The van der Waals surface area contributed by atoms with E-state index in [1.54, 1.807) is 6.07 Å². The number of unbranched alkanes of at least 4 members (excludes halogenated alkanes) is 8. The molecule has 0 spiro atoms. The summed E-state index contributed by atoms with van der Waals surface area (Å²) in [6, 6.07) is 9.67. The van der Waals surface area contributed by atoms with Crippen molar-refractivity contribution < 1.29 is 5.11 Å². The lowest BCUT2D eigenvalue weighted by Gasteiger charge is -2.06. The summed E-state index contributed by atoms with van der Waals surface area (Å²) in [6.45, 7) is 0.924. The molecule has 0 saturated heterocycles. The predicted octanol–water partition coefficient (Wildman–Crippen LogP) is 5.42. The Morgan fingerprint density at radius 1 is 0.781 bits per heavy atom. The van der Waals surface area contributed by atoms with Crippen LogP contribution in [0.1, 0.15) is 63.5 Å². The first-order chi connectivity index (χ1) is 15.7. The Kier molecular flexibility index (Phi) is 7.48. The smallest absolute Gasteiger partial charge is 0.165 e. The first-order valence-corrected chi connectivity index (χ1v) is 11.7. The van der Waals surface area contributed by atoms with Crippen LogP contribution >= 0.6 is 0 Å². The highest BCUT2D eigenvalue weighted by Crippen LogP contribution is 2.23. The molecule has 0 aliphatic heterocycles. The van der Waals surface area contributed by atoms with Crippen molar-refractivity contribution in [3.8, 4) is 5.75 Å². The lowest BCUT2D eigenvalue weighted by atomic mass is 10.1. The van der Waals surface area contributed by atoms with Crippen LogP contribution in [0.3, 0.4) is 0 Å². The van der Waals surface area contributed by atoms with E-state index < -0.39 is 0 Å². The van der Waals surface area contributed by atoms with Gasteiger partial charge in [0.25, 0.3) is 0 Å². The van der Waals surface area contributed by atoms with Gasteiger partial charge >= 0.3 is 0 Å². The first-order valence-electron chi connectivity index (χ1n) is 11.7. The predicted molar refractivity (Wildman–Crippen MR) is 128 cm³/mol. The second-order valence-electron chi connectivity index (χ2n) is 8.45. The van der Waals surface area contributed by atoms with Crippen LogP contribution in [0.15, 0.2) is 43.0 Å². The normalized spacial score (nSPS) is 11.5. The molecule has 0 fully saturated rings. The number of fused-ring (bicyclic) bond motifs is 2. The van der Waals surface area contributed by atoms with E-state index in [2.05, 4.69) is 36.6 Å². The van der Waals surface area contributed by atoms with Gasteiger partial charge < -0.3 is 15.4 Å². The number of nitrogen functional groups attached to an aromatic ring is 1. The molecular weight excluding hydrogens is 400 g/mol. The van der Waals surface area contributed by atoms with E-state index in [9.17, 15) is 5.11 Å². The molecule has 0 bridgehead atoms. The van der Waals surface area contributed by atoms with Crippen LogP contribution < -0.4 is 5.73 Å². The fourth-order valence-electron chi connectivity index (χ4n) is 4.20. The van der Waals surface area contributed by atoms with Crippen molar-refractivity contribution in [2.24, 2.45) is 0 Å². The molecule has 3 heterocycles. The van der Waals surface area contributed by atoms with Crippen molar-refractivity contribution in [3.05, 3.63) is 48.7 Å². The van der Waals surface area contributed by atoms with E-state index >= 15 is 0 Å². The number of para-hydroxylation sites is 1. The highest BCUT2D eigenvalue weighted by Gasteiger charge is 2.07. The van der Waals surface area contributed by atoms with E-state index in [0.29, 0.717) is 16.9 Å². The van der Waals surface area contributed by atoms with E-state index in [1.165, 1.54) is 51.3 Å². The maximum atomic E-state index is 9.97. The lowest BCUT2D eigenvalue weighted by Crippen LogP contribution is -1.99. The van der Waals surface area contributed by atoms with Gasteiger partial charge in [0, 0.05) is 17.6 Å². The summed E-state index contributed by atoms with van der Waals surface area (Å²) in [7, 11) is 0. The number of aromatic nitrogens is 5. The van der Waals surface area contributed by atoms with Gasteiger partial charge in [0.15, 0.2) is 11.5 Å². The Morgan fingerprint density at radius 2 is 1.53 bits per heavy atom. The van der Waals surface area contributed by atoms with E-state index in [-0.39, 0.29) is 5.75 Å². The highest BCUT2D eigenvalue weighted by molar-refractivity contribution is 5.84. The van der Waals surface area contributed by atoms with Crippen molar-refractivity contribution in [3.63, 3.8) is 0 Å². The quantitative estimate of drug-likeness (QED) is 0.290. The van der Waals surface area contributed by atoms with E-state index in [4.69, 9.17) is 5.73 Å². The van der Waals surface area contributed by atoms with Crippen LogP contribution in [0.5, 0.6) is 5.75 Å². The molecule has 0 aliphatic carbocycles. The third-order valence-electron chi connectivity index (χ3n) is 6.02. The average Bonchev–Trinajstić information content (AvgIpc) is 3.22. The third kappa shape index (κ3) is 5.52. The molecule has 0 saturated carbocycles. The summed E-state index contributed by atoms with van der Waals surface area (Å²) in [5.41, 5.74) is 9.14. The Labute approximate surface area is 188 Å². The Hall–Kier alpha value is -3.22. The number of hydrogen-bond donors (Lipinski definition) is 2. The van der Waals surface area contributed by atoms with Gasteiger partial charge in [-0.15, -0.1) is 0 Å². The maximum Gasteiger partial charge on any atom is 0.165 e. The monoisotopic (exact) mass is 432 g/mol. The van der Waals surface area contributed by atoms with Gasteiger partial charge in [-0.05, 0) is 31.4 Å². The highest BCUT2D eigenvalue weighted by atomic mass is 16.3. The maximum absolute atomic E-state index is 9.97. The van der Waals surface area contributed by atoms with Gasteiger partial charge in [-0.1, -0.05) is 63.1 Å². The number of hydrogen-bond acceptors (Lipinski definition) is 6. The molecule has 0 unspecified atom stereocenters. The Morgan fingerprint density at radius 3 is 2.34 bits per heavy atom. The summed E-state index contributed by atoms with van der Waals surface area (Å²) in [5.74, 6) is 0.711. The molecule has 168 valence electrons. The van der Waals surface area contributed by atoms with Gasteiger partial charge in [0.2, 0.25) is 0 Å². The minimum absolute atomic E-state index is 0.265. The molecule has 0 amide bonds. The number of imidazole rings is 1. The molecule has 7 heteroatoms. The number of aryl methyl sites for hydroxylation is 2. The van der Waals surface area contributed by atoms with Crippen molar-refractivity contribution >= 4 is 27.9 Å². The zero-order valence-corrected chi connectivity index (χ0v) is 18.6. The van der Waals surface area contributed by atoms with Gasteiger partial charge in [0.1, 0.15) is 23.1 Å². The Bertz CT molecular complexity index is 1160. The first kappa shape index (κ1) is 22.0. The van der Waals surface area contributed by atoms with Crippen LogP contribution in [-0.4, -0.2) is 29.6 Å². The number of phenols is 1. The number of rotatable bonds is 12. The second kappa shape index (κ2) is 10.9. The molecule has 1 aromatic carbocycles. The van der Waals surface area contributed by atoms with Crippen molar-refractivity contribution in [1.82, 2.24) is 24.5 Å². The molecule has 0 radical (unpaired) electrons. The van der Waals surface area contributed by atoms with Crippen LogP contribution in [0.25, 0.3) is 22.1 Å². The molecule has 4 aromatic rings. The molecule has 0 aliphatic rings. The summed E-state index contributed by atoms with van der Waals surface area (Å²) in [5, 5.41) is 11.0. The van der Waals surface area contributed by atoms with E-state index in [1.807, 2.05) is 18.5 Å². The zero-order chi connectivity index (χ0) is 22.2. The fourth-order valence-corrected chi connectivity index (χ4v) is 4.20. The molecule has 0 atom stereocenters. The summed E-state index contributed by atoms with van der Waals surface area (Å²) < 4.78 is 2.07. The lowest BCUT2D eigenvalue weighted by molar-refractivity contribution is 0.480. The number of phenolic OH excluding ortho intramolecular Hbond substituents is 1. The largest absolute Gasteiger partial charge is 0.506 e. The fraction of sp³-hybridized carbons (Fsp3) is 0.440. The molecular formula is C25H32N6O. The summed E-state index contributed by atoms with van der Waals surface area (Å²) in [6.07, 6.45) is 15.5. The summed E-state index contributed by atoms with van der Waals surface area (Å²) in [4.78, 5) is 17.2. The SMILES string of the molecule is Nc1ncnc2c1ncn2CCCCCCCCCCCc1ccc2cccc(O)c2n1. The molecule has 3 N–H and O–H groups in total. The zero-order valence-electron chi connectivity index (χ0n) is 18.6. The topological polar surface area (TPSA) is 103 Å². The van der Waals surface area contributed by atoms with Gasteiger partial charge in [-0.2, -0.15) is 0 Å². The molecule has 7 nitrogen and oxygen atoms in total. The van der Waals surface area contributed by atoms with Crippen LogP contribution in [0.2, 0.25) is 0 Å². The molecule has 3 aromatic heterocycles. The number of nitrogens with zero attached hydrogens (tertiary/aromatic N) is 5. The second-order valence-corrected chi connectivity index (χ2v) is 8.45. The van der Waals surface area contributed by atoms with E-state index in [0.717, 1.165) is 42.5 Å². The number of benzene rings is 1. The van der Waals surface area contributed by atoms with Crippen molar-refractivity contribution in [2.75, 3.05) is 5.73 Å². The minimum Gasteiger partial charge on any atom is -0.506 e. The molecule has 4 rings (SSSR count). The number of nitrogens with two attached hydrogens (primary N) is 1. The van der Waals surface area contributed by atoms with Gasteiger partial charge in [-0.3, -0.25) is 0 Å². The van der Waals surface area contributed by atoms with Crippen LogP contribution in [0.4, 0.5) is 5.82 Å². The third-order valence-corrected chi connectivity index (χ3v) is 6.02. The minimum atomic E-state index is 0.265. The van der Waals surface area contributed by atoms with Gasteiger partial charge in [0.05, 0.1) is 6.33 Å². The standard InChI is InChI=1S/C25H32N6O/c26-24-23-25(28-17-27-24)31(18-29-23)16-9-7-5-3-1-2-4-6-8-12-20-15-14-19-11-10-13-21(32)22(19)30-20/h10-11,13-15,17-18,32H,1-9,12,16H2,(H2,26,27,28). The van der Waals surface area contributed by atoms with Crippen LogP contribution in [0, 0.1) is 0 Å². The molecule has 32 heavy (non-hydrogen) atoms. The number of anilines is 1. The Balaban J connectivity index is 1.04. The number of pyridine rings is 1. The summed E-state index contributed by atoms with van der Waals surface area (Å²) >= 11 is 0. The average molecular weight is 433 g/mol.